The van der Waals surface area contributed by atoms with Crippen molar-refractivity contribution in [3.8, 4) is 11.5 Å². The number of carboxylic acids is 1. The van der Waals surface area contributed by atoms with Crippen LogP contribution in [0.5, 0.6) is 11.5 Å². The van der Waals surface area contributed by atoms with Gasteiger partial charge in [0.15, 0.2) is 5.75 Å². The molecule has 0 amide bonds. The fraction of sp³-hybridized carbons (Fsp3) is 0.417. The van der Waals surface area contributed by atoms with Crippen LogP contribution in [0.15, 0.2) is 24.3 Å². The highest BCUT2D eigenvalue weighted by molar-refractivity contribution is 6.70. The van der Waals surface area contributed by atoms with Crippen molar-refractivity contribution < 1.29 is 19.1 Å². The van der Waals surface area contributed by atoms with E-state index >= 15 is 0 Å². The molecule has 1 aromatic carbocycles. The van der Waals surface area contributed by atoms with Gasteiger partial charge >= 0.3 is 5.97 Å². The molecule has 1 aromatic rings. The van der Waals surface area contributed by atoms with Crippen molar-refractivity contribution in [2.45, 2.75) is 26.1 Å². The molecule has 0 saturated heterocycles. The maximum atomic E-state index is 10.4. The van der Waals surface area contributed by atoms with Crippen LogP contribution in [-0.4, -0.2) is 26.0 Å². The number of benzene rings is 1. The zero-order valence-electron chi connectivity index (χ0n) is 10.4. The number of hydrogen-bond acceptors (Lipinski definition) is 3. The topological polar surface area (TPSA) is 55.8 Å². The molecule has 0 saturated carbocycles. The van der Waals surface area contributed by atoms with Crippen LogP contribution in [0, 0.1) is 0 Å². The molecule has 0 aliphatic carbocycles. The van der Waals surface area contributed by atoms with Gasteiger partial charge in [0.1, 0.15) is 5.75 Å². The Labute approximate surface area is 102 Å². The van der Waals surface area contributed by atoms with Gasteiger partial charge in [-0.25, -0.2) is 0 Å². The zero-order valence-corrected chi connectivity index (χ0v) is 11.4. The van der Waals surface area contributed by atoms with Gasteiger partial charge in [0.05, 0.1) is 13.0 Å². The average Bonchev–Trinajstić information content (AvgIpc) is 2.17. The second-order valence-electron chi connectivity index (χ2n) is 4.65. The summed E-state index contributed by atoms with van der Waals surface area (Å²) in [5, 5.41) is 8.54. The number of aliphatic carboxylic acids is 1. The first-order chi connectivity index (χ1) is 7.88. The molecular formula is C12H18O4Si. The van der Waals surface area contributed by atoms with Crippen LogP contribution < -0.4 is 9.16 Å². The molecule has 0 aliphatic heterocycles. The summed E-state index contributed by atoms with van der Waals surface area (Å²) in [5.74, 6) is 0.432. The fourth-order valence-electron chi connectivity index (χ4n) is 1.23. The van der Waals surface area contributed by atoms with Crippen molar-refractivity contribution in [1.29, 1.82) is 0 Å². The summed E-state index contributed by atoms with van der Waals surface area (Å²) in [6, 6.07) is 7.35. The second-order valence-corrected chi connectivity index (χ2v) is 9.08. The van der Waals surface area contributed by atoms with E-state index in [-0.39, 0.29) is 13.0 Å². The Morgan fingerprint density at radius 2 is 1.82 bits per heavy atom. The zero-order chi connectivity index (χ0) is 12.9. The van der Waals surface area contributed by atoms with Gasteiger partial charge in [-0.15, -0.1) is 0 Å². The molecule has 0 fully saturated rings. The Balaban J connectivity index is 2.67. The van der Waals surface area contributed by atoms with Gasteiger partial charge in [-0.3, -0.25) is 4.79 Å². The predicted octanol–water partition coefficient (Wildman–Crippen LogP) is 2.75. The quantitative estimate of drug-likeness (QED) is 0.793. The van der Waals surface area contributed by atoms with Crippen molar-refractivity contribution in [3.05, 3.63) is 24.3 Å². The maximum absolute atomic E-state index is 10.4. The highest BCUT2D eigenvalue weighted by Crippen LogP contribution is 2.28. The largest absolute Gasteiger partial charge is 0.542 e. The Kier molecular flexibility index (Phi) is 4.57. The third-order valence-corrected chi connectivity index (χ3v) is 2.67. The van der Waals surface area contributed by atoms with E-state index in [1.807, 2.05) is 18.2 Å². The van der Waals surface area contributed by atoms with E-state index in [2.05, 4.69) is 19.6 Å². The van der Waals surface area contributed by atoms with Gasteiger partial charge in [-0.2, -0.15) is 0 Å². The van der Waals surface area contributed by atoms with Crippen LogP contribution in [-0.2, 0) is 4.79 Å². The summed E-state index contributed by atoms with van der Waals surface area (Å²) in [6.07, 6.45) is -0.0126. The molecule has 0 radical (unpaired) electrons. The first-order valence-electron chi connectivity index (χ1n) is 5.51. The van der Waals surface area contributed by atoms with E-state index in [0.29, 0.717) is 11.5 Å². The lowest BCUT2D eigenvalue weighted by Crippen LogP contribution is -2.29. The molecular weight excluding hydrogens is 236 g/mol. The Bertz CT molecular complexity index is 384. The normalized spacial score (nSPS) is 11.0. The standard InChI is InChI=1S/C12H18O4Si/c1-17(2,3)16-11-7-5-4-6-10(11)15-9-8-12(13)14/h4-7H,8-9H2,1-3H3,(H,13,14). The van der Waals surface area contributed by atoms with Crippen molar-refractivity contribution in [2.75, 3.05) is 6.61 Å². The van der Waals surface area contributed by atoms with Gasteiger partial charge in [-0.1, -0.05) is 12.1 Å². The number of rotatable bonds is 6. The third kappa shape index (κ3) is 5.40. The minimum absolute atomic E-state index is 0.0126. The fourth-order valence-corrected chi connectivity index (χ4v) is 2.06. The van der Waals surface area contributed by atoms with Crippen molar-refractivity contribution in [2.24, 2.45) is 0 Å². The van der Waals surface area contributed by atoms with Crippen LogP contribution in [0.25, 0.3) is 0 Å². The minimum Gasteiger partial charge on any atom is -0.542 e. The molecule has 0 heterocycles. The van der Waals surface area contributed by atoms with Crippen LogP contribution in [0.1, 0.15) is 6.42 Å². The molecule has 94 valence electrons. The van der Waals surface area contributed by atoms with Gasteiger partial charge in [-0.05, 0) is 31.8 Å². The van der Waals surface area contributed by atoms with Crippen molar-refractivity contribution in [1.82, 2.24) is 0 Å². The van der Waals surface area contributed by atoms with Gasteiger partial charge < -0.3 is 14.3 Å². The van der Waals surface area contributed by atoms with Crippen LogP contribution in [0.4, 0.5) is 0 Å². The highest BCUT2D eigenvalue weighted by atomic mass is 28.4. The average molecular weight is 254 g/mol. The number of ether oxygens (including phenoxy) is 1. The third-order valence-electron chi connectivity index (χ3n) is 1.84. The summed E-state index contributed by atoms with van der Waals surface area (Å²) in [7, 11) is -1.69. The number of para-hydroxylation sites is 2. The van der Waals surface area contributed by atoms with E-state index in [9.17, 15) is 4.79 Å². The summed E-state index contributed by atoms with van der Waals surface area (Å²) in [6.45, 7) is 6.41. The minimum atomic E-state index is -1.69. The van der Waals surface area contributed by atoms with E-state index in [1.54, 1.807) is 6.07 Å². The molecule has 0 aromatic heterocycles. The summed E-state index contributed by atoms with van der Waals surface area (Å²) in [5.41, 5.74) is 0. The van der Waals surface area contributed by atoms with Crippen molar-refractivity contribution >= 4 is 14.3 Å². The Hall–Kier alpha value is -1.49. The first kappa shape index (κ1) is 13.6. The molecule has 0 spiro atoms. The summed E-state index contributed by atoms with van der Waals surface area (Å²) in [4.78, 5) is 10.4. The monoisotopic (exact) mass is 254 g/mol. The molecule has 0 aliphatic rings. The lowest BCUT2D eigenvalue weighted by molar-refractivity contribution is -0.137. The lowest BCUT2D eigenvalue weighted by Gasteiger charge is -2.21. The smallest absolute Gasteiger partial charge is 0.306 e. The number of carboxylic acid groups (broad SMARTS) is 1. The summed E-state index contributed by atoms with van der Waals surface area (Å²) >= 11 is 0. The van der Waals surface area contributed by atoms with Crippen LogP contribution in [0.3, 0.4) is 0 Å². The molecule has 4 nitrogen and oxygen atoms in total. The number of carbonyl (C=O) groups is 1. The molecule has 0 atom stereocenters. The van der Waals surface area contributed by atoms with Gasteiger partial charge in [0.25, 0.3) is 0 Å². The highest BCUT2D eigenvalue weighted by Gasteiger charge is 2.18. The SMILES string of the molecule is C[Si](C)(C)Oc1ccccc1OCCC(=O)O. The van der Waals surface area contributed by atoms with E-state index < -0.39 is 14.3 Å². The lowest BCUT2D eigenvalue weighted by atomic mass is 10.3. The van der Waals surface area contributed by atoms with Crippen LogP contribution >= 0.6 is 0 Å². The van der Waals surface area contributed by atoms with E-state index in [4.69, 9.17) is 14.3 Å². The number of hydrogen-bond donors (Lipinski definition) is 1. The van der Waals surface area contributed by atoms with Crippen LogP contribution in [0.2, 0.25) is 19.6 Å². The molecule has 0 bridgehead atoms. The second kappa shape index (κ2) is 5.72. The molecule has 0 unspecified atom stereocenters. The van der Waals surface area contributed by atoms with Crippen molar-refractivity contribution in [3.63, 3.8) is 0 Å². The Morgan fingerprint density at radius 1 is 1.24 bits per heavy atom. The van der Waals surface area contributed by atoms with Gasteiger partial charge in [0.2, 0.25) is 8.32 Å². The molecule has 1 N–H and O–H groups in total. The molecule has 17 heavy (non-hydrogen) atoms. The molecule has 1 rings (SSSR count). The van der Waals surface area contributed by atoms with Gasteiger partial charge in [0, 0.05) is 0 Å². The van der Waals surface area contributed by atoms with E-state index in [0.717, 1.165) is 0 Å². The predicted molar refractivity (Wildman–Crippen MR) is 68.2 cm³/mol. The summed E-state index contributed by atoms with van der Waals surface area (Å²) < 4.78 is 11.3. The molecule has 5 heteroatoms. The first-order valence-corrected chi connectivity index (χ1v) is 8.92. The maximum Gasteiger partial charge on any atom is 0.306 e. The van der Waals surface area contributed by atoms with E-state index in [1.165, 1.54) is 0 Å². The Morgan fingerprint density at radius 3 is 2.35 bits per heavy atom.